The summed E-state index contributed by atoms with van der Waals surface area (Å²) in [6.45, 7) is 5.53. The van der Waals surface area contributed by atoms with E-state index in [2.05, 4.69) is 11.4 Å². The van der Waals surface area contributed by atoms with Crippen LogP contribution in [0.3, 0.4) is 0 Å². The molecule has 1 fully saturated rings. The topological polar surface area (TPSA) is 96.6 Å². The van der Waals surface area contributed by atoms with Crippen LogP contribution in [-0.2, 0) is 5.41 Å². The highest BCUT2D eigenvalue weighted by molar-refractivity contribution is 6.31. The Morgan fingerprint density at radius 2 is 2.00 bits per heavy atom. The van der Waals surface area contributed by atoms with Gasteiger partial charge in [-0.25, -0.2) is 13.6 Å². The van der Waals surface area contributed by atoms with Crippen molar-refractivity contribution in [3.05, 3.63) is 69.2 Å². The molecule has 0 spiro atoms. The van der Waals surface area contributed by atoms with Crippen molar-refractivity contribution in [1.29, 1.82) is 5.26 Å². The number of aliphatic hydroxyl groups excluding tert-OH is 2. The predicted molar refractivity (Wildman–Crippen MR) is 138 cm³/mol. The Kier molecular flexibility index (Phi) is 9.07. The number of hydrogen-bond acceptors (Lipinski definition) is 4. The van der Waals surface area contributed by atoms with Crippen molar-refractivity contribution >= 4 is 29.2 Å². The highest BCUT2D eigenvalue weighted by Gasteiger charge is 2.60. The molecule has 2 aromatic carbocycles. The lowest BCUT2D eigenvalue weighted by Gasteiger charge is -2.38. The van der Waals surface area contributed by atoms with Crippen molar-refractivity contribution in [2.45, 2.75) is 51.2 Å². The summed E-state index contributed by atoms with van der Waals surface area (Å²) >= 11 is 12.1. The first-order valence-corrected chi connectivity index (χ1v) is 12.8. The number of carbonyl (C=O) groups is 1. The number of nitriles is 1. The summed E-state index contributed by atoms with van der Waals surface area (Å²) < 4.78 is 31.1. The van der Waals surface area contributed by atoms with Gasteiger partial charge in [0.1, 0.15) is 17.0 Å². The smallest absolute Gasteiger partial charge is 0.317 e. The third-order valence-corrected chi connectivity index (χ3v) is 7.25. The second-order valence-corrected chi connectivity index (χ2v) is 11.5. The Labute approximate surface area is 225 Å². The monoisotopic (exact) mass is 553 g/mol. The second-order valence-electron chi connectivity index (χ2n) is 10.6. The first-order chi connectivity index (χ1) is 17.4. The highest BCUT2D eigenvalue weighted by atomic mass is 35.5. The zero-order chi connectivity index (χ0) is 27.5. The van der Waals surface area contributed by atoms with E-state index in [1.807, 2.05) is 20.8 Å². The Morgan fingerprint density at radius 3 is 2.59 bits per heavy atom. The van der Waals surface area contributed by atoms with E-state index in [4.69, 9.17) is 28.3 Å². The van der Waals surface area contributed by atoms with E-state index in [-0.39, 0.29) is 46.1 Å². The molecular formula is C27H31Cl2F2N3O3. The molecule has 0 unspecified atom stereocenters. The number of aliphatic hydroxyl groups is 2. The minimum absolute atomic E-state index is 0.00893. The molecule has 0 aromatic heterocycles. The summed E-state index contributed by atoms with van der Waals surface area (Å²) in [6.07, 6.45) is -0.503. The van der Waals surface area contributed by atoms with Crippen molar-refractivity contribution in [2.75, 3.05) is 19.7 Å². The Balaban J connectivity index is 2.24. The van der Waals surface area contributed by atoms with E-state index in [1.165, 1.54) is 35.2 Å². The number of amides is 2. The molecular weight excluding hydrogens is 523 g/mol. The van der Waals surface area contributed by atoms with Gasteiger partial charge in [0, 0.05) is 35.2 Å². The van der Waals surface area contributed by atoms with Crippen LogP contribution in [0.25, 0.3) is 0 Å². The number of nitrogens with zero attached hydrogens (tertiary/aromatic N) is 2. The quantitative estimate of drug-likeness (QED) is 0.416. The van der Waals surface area contributed by atoms with Crippen LogP contribution in [0.1, 0.15) is 50.8 Å². The lowest BCUT2D eigenvalue weighted by Crippen LogP contribution is -2.44. The van der Waals surface area contributed by atoms with Gasteiger partial charge in [0.2, 0.25) is 0 Å². The molecule has 0 aliphatic carbocycles. The molecule has 3 N–H and O–H groups in total. The molecule has 1 heterocycles. The summed E-state index contributed by atoms with van der Waals surface area (Å²) in [5, 5.41) is 32.1. The molecule has 200 valence electrons. The summed E-state index contributed by atoms with van der Waals surface area (Å²) in [5.41, 5.74) is -1.98. The van der Waals surface area contributed by atoms with E-state index in [1.54, 1.807) is 0 Å². The van der Waals surface area contributed by atoms with Gasteiger partial charge in [-0.05, 0) is 36.5 Å². The van der Waals surface area contributed by atoms with E-state index in [9.17, 15) is 15.2 Å². The van der Waals surface area contributed by atoms with Gasteiger partial charge in [0.05, 0.1) is 29.8 Å². The number of benzene rings is 2. The number of rotatable bonds is 7. The molecule has 1 aliphatic rings. The van der Waals surface area contributed by atoms with Crippen LogP contribution in [0.2, 0.25) is 10.0 Å². The van der Waals surface area contributed by atoms with Gasteiger partial charge in [0.15, 0.2) is 0 Å². The van der Waals surface area contributed by atoms with E-state index in [0.29, 0.717) is 6.42 Å². The first kappa shape index (κ1) is 29.1. The van der Waals surface area contributed by atoms with Gasteiger partial charge < -0.3 is 20.4 Å². The van der Waals surface area contributed by atoms with Crippen molar-refractivity contribution in [1.82, 2.24) is 10.2 Å². The van der Waals surface area contributed by atoms with Gasteiger partial charge in [-0.2, -0.15) is 5.26 Å². The van der Waals surface area contributed by atoms with Gasteiger partial charge in [0.25, 0.3) is 0 Å². The van der Waals surface area contributed by atoms with E-state index >= 15 is 8.78 Å². The fraction of sp³-hybridized carbons (Fsp3) is 0.481. The van der Waals surface area contributed by atoms with Gasteiger partial charge in [-0.15, -0.1) is 0 Å². The molecule has 4 atom stereocenters. The van der Waals surface area contributed by atoms with Crippen molar-refractivity contribution in [2.24, 2.45) is 11.3 Å². The number of likely N-dealkylation sites (tertiary alicyclic amines) is 1. The molecule has 1 aliphatic heterocycles. The fourth-order valence-corrected chi connectivity index (χ4v) is 5.55. The van der Waals surface area contributed by atoms with Crippen LogP contribution in [0, 0.1) is 34.3 Å². The third-order valence-electron chi connectivity index (χ3n) is 6.73. The summed E-state index contributed by atoms with van der Waals surface area (Å²) in [7, 11) is 0. The lowest BCUT2D eigenvalue weighted by atomic mass is 9.63. The lowest BCUT2D eigenvalue weighted by molar-refractivity contribution is 0.0881. The first-order valence-electron chi connectivity index (χ1n) is 12.0. The SMILES string of the molecule is CC(C)(C)C[C@@H]1CN(C(=O)NCC[C@H](O)CO)[C@H](c2cccc(Cl)c2F)[C@@]1(C#N)c1ccc(Cl)cc1F. The fourth-order valence-electron chi connectivity index (χ4n) is 5.21. The maximum atomic E-state index is 15.5. The van der Waals surface area contributed by atoms with Crippen LogP contribution in [-0.4, -0.2) is 46.9 Å². The minimum atomic E-state index is -1.67. The normalized spacial score (nSPS) is 22.5. The average Bonchev–Trinajstić information content (AvgIpc) is 3.13. The highest BCUT2D eigenvalue weighted by Crippen LogP contribution is 2.56. The zero-order valence-corrected chi connectivity index (χ0v) is 22.5. The van der Waals surface area contributed by atoms with Crippen LogP contribution >= 0.6 is 23.2 Å². The number of halogens is 4. The van der Waals surface area contributed by atoms with Crippen LogP contribution in [0.5, 0.6) is 0 Å². The van der Waals surface area contributed by atoms with Crippen LogP contribution in [0.4, 0.5) is 13.6 Å². The summed E-state index contributed by atoms with van der Waals surface area (Å²) in [4.78, 5) is 14.8. The molecule has 10 heteroatoms. The molecule has 2 amide bonds. The molecule has 0 saturated carbocycles. The van der Waals surface area contributed by atoms with Crippen molar-refractivity contribution in [3.63, 3.8) is 0 Å². The molecule has 0 radical (unpaired) electrons. The van der Waals surface area contributed by atoms with Crippen molar-refractivity contribution in [3.8, 4) is 6.07 Å². The molecule has 0 bridgehead atoms. The van der Waals surface area contributed by atoms with Gasteiger partial charge >= 0.3 is 6.03 Å². The van der Waals surface area contributed by atoms with Crippen LogP contribution < -0.4 is 5.32 Å². The summed E-state index contributed by atoms with van der Waals surface area (Å²) in [6, 6.07) is 8.79. The Hall–Kier alpha value is -2.44. The van der Waals surface area contributed by atoms with Crippen molar-refractivity contribution < 1.29 is 23.8 Å². The minimum Gasteiger partial charge on any atom is -0.394 e. The molecule has 37 heavy (non-hydrogen) atoms. The van der Waals surface area contributed by atoms with E-state index in [0.717, 1.165) is 6.07 Å². The maximum absolute atomic E-state index is 15.5. The van der Waals surface area contributed by atoms with Gasteiger partial charge in [-0.1, -0.05) is 62.2 Å². The number of hydrogen-bond donors (Lipinski definition) is 3. The second kappa shape index (κ2) is 11.5. The maximum Gasteiger partial charge on any atom is 0.317 e. The zero-order valence-electron chi connectivity index (χ0n) is 20.9. The molecule has 3 rings (SSSR count). The van der Waals surface area contributed by atoms with Crippen LogP contribution in [0.15, 0.2) is 36.4 Å². The standard InChI is InChI=1S/C27H31Cl2F2N3O3/c1-26(2,3)12-16-13-34(25(37)33-10-9-18(36)14-35)24(19-5-4-6-21(29)23(19)31)27(16,15-32)20-8-7-17(28)11-22(20)30/h4-8,11,16,18,24,35-36H,9-10,12-14H2,1-3H3,(H,33,37)/t16-,18+,24-,27-/m1/s1. The number of urea groups is 1. The Morgan fingerprint density at radius 1 is 1.30 bits per heavy atom. The third kappa shape index (κ3) is 6.01. The largest absolute Gasteiger partial charge is 0.394 e. The summed E-state index contributed by atoms with van der Waals surface area (Å²) in [5.74, 6) is -2.10. The predicted octanol–water partition coefficient (Wildman–Crippen LogP) is 5.60. The molecule has 2 aromatic rings. The number of nitrogens with one attached hydrogen (secondary N) is 1. The average molecular weight is 554 g/mol. The molecule has 1 saturated heterocycles. The molecule has 6 nitrogen and oxygen atoms in total. The van der Waals surface area contributed by atoms with Gasteiger partial charge in [-0.3, -0.25) is 0 Å². The Bertz CT molecular complexity index is 1180. The van der Waals surface area contributed by atoms with E-state index < -0.39 is 47.8 Å². The number of carbonyl (C=O) groups excluding carboxylic acids is 1.